The molecule has 0 spiro atoms. The molecule has 0 atom stereocenters. The Morgan fingerprint density at radius 1 is 1.19 bits per heavy atom. The molecule has 130 valence electrons. The molecule has 4 rings (SSSR count). The molecule has 2 aromatic carbocycles. The Hall–Kier alpha value is -3.19. The zero-order valence-electron chi connectivity index (χ0n) is 13.8. The lowest BCUT2D eigenvalue weighted by atomic mass is 10.1. The lowest BCUT2D eigenvalue weighted by molar-refractivity contribution is -0.136. The summed E-state index contributed by atoms with van der Waals surface area (Å²) >= 11 is 1.37. The van der Waals surface area contributed by atoms with E-state index in [0.29, 0.717) is 10.5 Å². The summed E-state index contributed by atoms with van der Waals surface area (Å²) in [4.78, 5) is 27.7. The normalized spacial score (nSPS) is 11.1. The van der Waals surface area contributed by atoms with Gasteiger partial charge in [0.1, 0.15) is 5.75 Å². The molecule has 0 unspecified atom stereocenters. The maximum atomic E-state index is 12.1. The smallest absolute Gasteiger partial charge is 0.307 e. The molecule has 1 N–H and O–H groups in total. The number of carboxylic acids is 1. The SMILES string of the molecule is COc1ccc(-c2cc(=O)nc3sc4cc(CC(=O)O)ccc4n23)cc1. The maximum absolute atomic E-state index is 12.1. The van der Waals surface area contributed by atoms with Crippen molar-refractivity contribution in [3.63, 3.8) is 0 Å². The Morgan fingerprint density at radius 2 is 1.96 bits per heavy atom. The van der Waals surface area contributed by atoms with Crippen LogP contribution in [0.1, 0.15) is 5.56 Å². The Kier molecular flexibility index (Phi) is 3.93. The van der Waals surface area contributed by atoms with Crippen LogP contribution in [0.3, 0.4) is 0 Å². The van der Waals surface area contributed by atoms with Gasteiger partial charge in [-0.1, -0.05) is 17.4 Å². The predicted molar refractivity (Wildman–Crippen MR) is 100 cm³/mol. The van der Waals surface area contributed by atoms with Gasteiger partial charge in [-0.25, -0.2) is 0 Å². The van der Waals surface area contributed by atoms with E-state index in [-0.39, 0.29) is 12.0 Å². The quantitative estimate of drug-likeness (QED) is 0.600. The number of carboxylic acid groups (broad SMARTS) is 1. The fourth-order valence-corrected chi connectivity index (χ4v) is 4.04. The van der Waals surface area contributed by atoms with Gasteiger partial charge in [0.2, 0.25) is 0 Å². The molecule has 6 nitrogen and oxygen atoms in total. The minimum atomic E-state index is -0.878. The molecule has 0 aliphatic heterocycles. The monoisotopic (exact) mass is 366 g/mol. The third-order valence-electron chi connectivity index (χ3n) is 4.11. The highest BCUT2D eigenvalue weighted by Crippen LogP contribution is 2.31. The van der Waals surface area contributed by atoms with Crippen LogP contribution in [0, 0.1) is 0 Å². The number of carbonyl (C=O) groups is 1. The zero-order chi connectivity index (χ0) is 18.3. The van der Waals surface area contributed by atoms with Gasteiger partial charge in [-0.15, -0.1) is 0 Å². The lowest BCUT2D eigenvalue weighted by Crippen LogP contribution is -2.08. The van der Waals surface area contributed by atoms with Crippen molar-refractivity contribution in [1.82, 2.24) is 9.38 Å². The maximum Gasteiger partial charge on any atom is 0.307 e. The minimum Gasteiger partial charge on any atom is -0.497 e. The van der Waals surface area contributed by atoms with Crippen molar-refractivity contribution in [2.24, 2.45) is 0 Å². The first kappa shape index (κ1) is 16.3. The van der Waals surface area contributed by atoms with Crippen molar-refractivity contribution >= 4 is 32.5 Å². The second kappa shape index (κ2) is 6.27. The van der Waals surface area contributed by atoms with Crippen LogP contribution >= 0.6 is 11.3 Å². The number of methoxy groups -OCH3 is 1. The van der Waals surface area contributed by atoms with Crippen molar-refractivity contribution in [2.45, 2.75) is 6.42 Å². The van der Waals surface area contributed by atoms with Crippen LogP contribution in [0.5, 0.6) is 5.75 Å². The van der Waals surface area contributed by atoms with Crippen LogP contribution in [0.4, 0.5) is 0 Å². The topological polar surface area (TPSA) is 80.9 Å². The third-order valence-corrected chi connectivity index (χ3v) is 5.11. The van der Waals surface area contributed by atoms with Crippen LogP contribution in [0.2, 0.25) is 0 Å². The van der Waals surface area contributed by atoms with Crippen molar-refractivity contribution in [3.05, 3.63) is 64.4 Å². The van der Waals surface area contributed by atoms with Gasteiger partial charge < -0.3 is 9.84 Å². The van der Waals surface area contributed by atoms with Crippen molar-refractivity contribution in [1.29, 1.82) is 0 Å². The first-order chi connectivity index (χ1) is 12.5. The first-order valence-corrected chi connectivity index (χ1v) is 8.68. The molecule has 0 saturated carbocycles. The zero-order valence-corrected chi connectivity index (χ0v) is 14.6. The molecule has 2 heterocycles. The van der Waals surface area contributed by atoms with Crippen LogP contribution in [0.15, 0.2) is 53.3 Å². The molecule has 0 fully saturated rings. The number of rotatable bonds is 4. The number of hydrogen-bond donors (Lipinski definition) is 1. The molecule has 0 bridgehead atoms. The summed E-state index contributed by atoms with van der Waals surface area (Å²) in [5, 5.41) is 8.98. The molecule has 0 aliphatic carbocycles. The molecular formula is C19H14N2O4S. The number of aliphatic carboxylic acids is 1. The largest absolute Gasteiger partial charge is 0.497 e. The van der Waals surface area contributed by atoms with E-state index in [9.17, 15) is 9.59 Å². The molecule has 7 heteroatoms. The average molecular weight is 366 g/mol. The van der Waals surface area contributed by atoms with E-state index in [1.807, 2.05) is 40.8 Å². The molecule has 2 aromatic heterocycles. The summed E-state index contributed by atoms with van der Waals surface area (Å²) in [6.07, 6.45) is -0.0412. The Bertz CT molecular complexity index is 1190. The van der Waals surface area contributed by atoms with Gasteiger partial charge >= 0.3 is 5.97 Å². The van der Waals surface area contributed by atoms with Crippen molar-refractivity contribution in [2.75, 3.05) is 7.11 Å². The minimum absolute atomic E-state index is 0.0412. The second-order valence-corrected chi connectivity index (χ2v) is 6.81. The highest BCUT2D eigenvalue weighted by molar-refractivity contribution is 7.23. The number of fused-ring (bicyclic) bond motifs is 3. The molecule has 0 amide bonds. The van der Waals surface area contributed by atoms with Gasteiger partial charge in [0.05, 0.1) is 29.4 Å². The van der Waals surface area contributed by atoms with Gasteiger partial charge in [0.25, 0.3) is 5.56 Å². The molecule has 0 radical (unpaired) electrons. The number of benzene rings is 2. The summed E-state index contributed by atoms with van der Waals surface area (Å²) in [5.41, 5.74) is 2.89. The summed E-state index contributed by atoms with van der Waals surface area (Å²) in [6.45, 7) is 0. The van der Waals surface area contributed by atoms with Gasteiger partial charge in [0.15, 0.2) is 4.96 Å². The van der Waals surface area contributed by atoms with Gasteiger partial charge in [-0.05, 0) is 47.5 Å². The number of hydrogen-bond acceptors (Lipinski definition) is 5. The molecule has 0 saturated heterocycles. The first-order valence-electron chi connectivity index (χ1n) is 7.86. The summed E-state index contributed by atoms with van der Waals surface area (Å²) in [6, 6.07) is 14.5. The summed E-state index contributed by atoms with van der Waals surface area (Å²) in [5.74, 6) is -0.142. The van der Waals surface area contributed by atoms with E-state index in [0.717, 1.165) is 27.2 Å². The number of nitrogens with zero attached hydrogens (tertiary/aromatic N) is 2. The van der Waals surface area contributed by atoms with Crippen LogP contribution < -0.4 is 10.3 Å². The van der Waals surface area contributed by atoms with Crippen LogP contribution in [0.25, 0.3) is 26.4 Å². The van der Waals surface area contributed by atoms with E-state index in [4.69, 9.17) is 9.84 Å². The standard InChI is InChI=1S/C19H14N2O4S/c1-25-13-5-3-12(4-6-13)15-10-17(22)20-19-21(15)14-7-2-11(9-18(23)24)8-16(14)26-19/h2-8,10H,9H2,1H3,(H,23,24). The number of thiazole rings is 1. The third kappa shape index (κ3) is 2.82. The molecule has 4 aromatic rings. The Labute approximate surface area is 151 Å². The molecular weight excluding hydrogens is 352 g/mol. The van der Waals surface area contributed by atoms with E-state index < -0.39 is 5.97 Å². The average Bonchev–Trinajstić information content (AvgIpc) is 2.97. The number of aromatic nitrogens is 2. The van der Waals surface area contributed by atoms with Gasteiger partial charge in [-0.2, -0.15) is 4.98 Å². The van der Waals surface area contributed by atoms with Gasteiger partial charge in [0, 0.05) is 6.07 Å². The van der Waals surface area contributed by atoms with E-state index in [2.05, 4.69) is 4.98 Å². The summed E-state index contributed by atoms with van der Waals surface area (Å²) in [7, 11) is 1.60. The van der Waals surface area contributed by atoms with E-state index in [1.165, 1.54) is 17.4 Å². The highest BCUT2D eigenvalue weighted by Gasteiger charge is 2.13. The number of ether oxygens (including phenoxy) is 1. The van der Waals surface area contributed by atoms with Crippen molar-refractivity contribution in [3.8, 4) is 17.0 Å². The van der Waals surface area contributed by atoms with Crippen LogP contribution in [-0.2, 0) is 11.2 Å². The van der Waals surface area contributed by atoms with Gasteiger partial charge in [-0.3, -0.25) is 14.0 Å². The lowest BCUT2D eigenvalue weighted by Gasteiger charge is -2.07. The van der Waals surface area contributed by atoms with Crippen molar-refractivity contribution < 1.29 is 14.6 Å². The highest BCUT2D eigenvalue weighted by atomic mass is 32.1. The van der Waals surface area contributed by atoms with E-state index >= 15 is 0 Å². The Balaban J connectivity index is 1.97. The predicted octanol–water partition coefficient (Wildman–Crippen LogP) is 3.21. The Morgan fingerprint density at radius 3 is 2.65 bits per heavy atom. The second-order valence-electron chi connectivity index (χ2n) is 5.80. The fourth-order valence-electron chi connectivity index (χ4n) is 2.94. The summed E-state index contributed by atoms with van der Waals surface area (Å²) < 4.78 is 8.00. The van der Waals surface area contributed by atoms with Crippen LogP contribution in [-0.4, -0.2) is 27.6 Å². The molecule has 26 heavy (non-hydrogen) atoms. The fraction of sp³-hybridized carbons (Fsp3) is 0.105. The van der Waals surface area contributed by atoms with E-state index in [1.54, 1.807) is 13.2 Å². The molecule has 0 aliphatic rings.